The maximum Gasteiger partial charge on any atom is 0.364 e. The first kappa shape index (κ1) is 12.9. The fraction of sp³-hybridized carbons (Fsp3) is 0.167. The van der Waals surface area contributed by atoms with E-state index in [9.17, 15) is 14.0 Å². The largest absolute Gasteiger partial charge is 0.481 e. The van der Waals surface area contributed by atoms with Gasteiger partial charge in [-0.3, -0.25) is 4.79 Å². The quantitative estimate of drug-likeness (QED) is 0.770. The zero-order valence-electron chi connectivity index (χ0n) is 8.89. The van der Waals surface area contributed by atoms with Crippen molar-refractivity contribution < 1.29 is 24.2 Å². The number of carbonyl (C=O) groups is 2. The van der Waals surface area contributed by atoms with Crippen LogP contribution in [0.5, 0.6) is 0 Å². The van der Waals surface area contributed by atoms with E-state index in [-0.39, 0.29) is 6.42 Å². The van der Waals surface area contributed by atoms with Gasteiger partial charge in [0, 0.05) is 6.42 Å². The lowest BCUT2D eigenvalue weighted by Gasteiger charge is -1.99. The number of hydrogen-bond donors (Lipinski definition) is 2. The summed E-state index contributed by atoms with van der Waals surface area (Å²) in [7, 11) is 0. The molecule has 0 unspecified atom stereocenters. The highest BCUT2D eigenvalue weighted by Crippen LogP contribution is 2.11. The Morgan fingerprint density at radius 3 is 2.24 bits per heavy atom. The summed E-state index contributed by atoms with van der Waals surface area (Å²) >= 11 is 0. The molecule has 90 valence electrons. The van der Waals surface area contributed by atoms with Crippen LogP contribution in [0.4, 0.5) is 4.39 Å². The molecule has 2 N–H and O–H groups in total. The van der Waals surface area contributed by atoms with Crippen molar-refractivity contribution in [1.82, 2.24) is 0 Å². The Hall–Kier alpha value is -2.17. The predicted octanol–water partition coefficient (Wildman–Crippen LogP) is 2.10. The third-order valence-electron chi connectivity index (χ3n) is 2.10. The SMILES string of the molecule is O=C(O)CCc1ccc(C=C(F)C(=O)O)cc1. The molecule has 0 heterocycles. The fourth-order valence-corrected chi connectivity index (χ4v) is 1.24. The average Bonchev–Trinajstić information content (AvgIpc) is 2.28. The molecule has 0 bridgehead atoms. The van der Waals surface area contributed by atoms with E-state index in [2.05, 4.69) is 0 Å². The molecular weight excluding hydrogens is 227 g/mol. The van der Waals surface area contributed by atoms with Crippen LogP contribution < -0.4 is 0 Å². The lowest BCUT2D eigenvalue weighted by molar-refractivity contribution is -0.137. The van der Waals surface area contributed by atoms with Gasteiger partial charge < -0.3 is 10.2 Å². The second-order valence-electron chi connectivity index (χ2n) is 3.43. The van der Waals surface area contributed by atoms with Crippen molar-refractivity contribution in [3.8, 4) is 0 Å². The fourth-order valence-electron chi connectivity index (χ4n) is 1.24. The summed E-state index contributed by atoms with van der Waals surface area (Å²) in [5.41, 5.74) is 1.23. The Morgan fingerprint density at radius 2 is 1.76 bits per heavy atom. The lowest BCUT2D eigenvalue weighted by atomic mass is 10.1. The Kier molecular flexibility index (Phi) is 4.39. The smallest absolute Gasteiger partial charge is 0.364 e. The van der Waals surface area contributed by atoms with Crippen LogP contribution in [0.3, 0.4) is 0 Å². The van der Waals surface area contributed by atoms with Gasteiger partial charge in [0.05, 0.1) is 0 Å². The second-order valence-corrected chi connectivity index (χ2v) is 3.43. The van der Waals surface area contributed by atoms with Gasteiger partial charge in [-0.25, -0.2) is 4.79 Å². The summed E-state index contributed by atoms with van der Waals surface area (Å²) < 4.78 is 12.7. The number of hydrogen-bond acceptors (Lipinski definition) is 2. The van der Waals surface area contributed by atoms with Gasteiger partial charge in [0.25, 0.3) is 0 Å². The number of carboxylic acid groups (broad SMARTS) is 2. The highest BCUT2D eigenvalue weighted by atomic mass is 19.1. The van der Waals surface area contributed by atoms with E-state index in [4.69, 9.17) is 10.2 Å². The van der Waals surface area contributed by atoms with Crippen LogP contribution in [-0.4, -0.2) is 22.2 Å². The molecule has 0 saturated heterocycles. The Balaban J connectivity index is 2.71. The number of aliphatic carboxylic acids is 2. The van der Waals surface area contributed by atoms with Crippen LogP contribution in [0.15, 0.2) is 30.1 Å². The van der Waals surface area contributed by atoms with Gasteiger partial charge in [0.1, 0.15) is 0 Å². The van der Waals surface area contributed by atoms with Crippen LogP contribution in [-0.2, 0) is 16.0 Å². The molecule has 4 nitrogen and oxygen atoms in total. The number of rotatable bonds is 5. The first-order valence-corrected chi connectivity index (χ1v) is 4.90. The van der Waals surface area contributed by atoms with E-state index in [0.29, 0.717) is 12.0 Å². The van der Waals surface area contributed by atoms with E-state index < -0.39 is 17.8 Å². The molecule has 0 saturated carbocycles. The molecular formula is C12H11FO4. The average molecular weight is 238 g/mol. The van der Waals surface area contributed by atoms with E-state index in [0.717, 1.165) is 11.6 Å². The summed E-state index contributed by atoms with van der Waals surface area (Å²) in [4.78, 5) is 20.6. The number of aryl methyl sites for hydroxylation is 1. The molecule has 0 aliphatic rings. The summed E-state index contributed by atoms with van der Waals surface area (Å²) in [5.74, 6) is -3.73. The molecule has 17 heavy (non-hydrogen) atoms. The van der Waals surface area contributed by atoms with Gasteiger partial charge in [-0.1, -0.05) is 24.3 Å². The maximum atomic E-state index is 12.7. The molecule has 5 heteroatoms. The molecule has 0 aliphatic carbocycles. The zero-order chi connectivity index (χ0) is 12.8. The molecule has 0 radical (unpaired) electrons. The third kappa shape index (κ3) is 4.46. The highest BCUT2D eigenvalue weighted by Gasteiger charge is 2.05. The van der Waals surface area contributed by atoms with Crippen molar-refractivity contribution in [1.29, 1.82) is 0 Å². The monoisotopic (exact) mass is 238 g/mol. The molecule has 1 aromatic carbocycles. The van der Waals surface area contributed by atoms with Crippen molar-refractivity contribution in [2.75, 3.05) is 0 Å². The summed E-state index contributed by atoms with van der Waals surface area (Å²) in [6, 6.07) is 6.37. The van der Waals surface area contributed by atoms with Crippen LogP contribution in [0.1, 0.15) is 17.5 Å². The van der Waals surface area contributed by atoms with E-state index in [1.165, 1.54) is 0 Å². The number of benzene rings is 1. The second kappa shape index (κ2) is 5.79. The number of halogens is 1. The maximum absolute atomic E-state index is 12.7. The van der Waals surface area contributed by atoms with Crippen LogP contribution in [0.2, 0.25) is 0 Å². The minimum absolute atomic E-state index is 0.0265. The Morgan fingerprint density at radius 1 is 1.18 bits per heavy atom. The molecule has 0 aliphatic heterocycles. The van der Waals surface area contributed by atoms with Crippen LogP contribution in [0.25, 0.3) is 6.08 Å². The van der Waals surface area contributed by atoms with Crippen molar-refractivity contribution in [3.05, 3.63) is 41.2 Å². The Labute approximate surface area is 97.0 Å². The van der Waals surface area contributed by atoms with Gasteiger partial charge >= 0.3 is 11.9 Å². The molecule has 1 rings (SSSR count). The Bertz CT molecular complexity index is 448. The van der Waals surface area contributed by atoms with Crippen molar-refractivity contribution in [2.24, 2.45) is 0 Å². The highest BCUT2D eigenvalue weighted by molar-refractivity contribution is 5.89. The van der Waals surface area contributed by atoms with E-state index >= 15 is 0 Å². The van der Waals surface area contributed by atoms with Gasteiger partial charge in [-0.15, -0.1) is 0 Å². The minimum Gasteiger partial charge on any atom is -0.481 e. The van der Waals surface area contributed by atoms with Crippen molar-refractivity contribution >= 4 is 18.0 Å². The molecule has 0 spiro atoms. The zero-order valence-corrected chi connectivity index (χ0v) is 8.89. The molecule has 0 amide bonds. The van der Waals surface area contributed by atoms with Crippen LogP contribution in [0, 0.1) is 0 Å². The van der Waals surface area contributed by atoms with Gasteiger partial charge in [0.15, 0.2) is 0 Å². The molecule has 0 atom stereocenters. The van der Waals surface area contributed by atoms with E-state index in [1.54, 1.807) is 24.3 Å². The molecule has 0 fully saturated rings. The van der Waals surface area contributed by atoms with Crippen LogP contribution >= 0.6 is 0 Å². The first-order valence-electron chi connectivity index (χ1n) is 4.90. The third-order valence-corrected chi connectivity index (χ3v) is 2.10. The lowest BCUT2D eigenvalue weighted by Crippen LogP contribution is -1.97. The first-order chi connectivity index (χ1) is 7.99. The summed E-state index contributed by atoms with van der Waals surface area (Å²) in [5, 5.41) is 16.8. The van der Waals surface area contributed by atoms with E-state index in [1.807, 2.05) is 0 Å². The minimum atomic E-state index is -1.61. The van der Waals surface area contributed by atoms with Gasteiger partial charge in [-0.2, -0.15) is 4.39 Å². The topological polar surface area (TPSA) is 74.6 Å². The number of carboxylic acids is 2. The molecule has 0 aromatic heterocycles. The van der Waals surface area contributed by atoms with Crippen molar-refractivity contribution in [2.45, 2.75) is 12.8 Å². The van der Waals surface area contributed by atoms with Crippen molar-refractivity contribution in [3.63, 3.8) is 0 Å². The standard InChI is InChI=1S/C12H11FO4/c13-10(12(16)17)7-9-3-1-8(2-4-9)5-6-11(14)15/h1-4,7H,5-6H2,(H,14,15)(H,16,17). The normalized spacial score (nSPS) is 11.2. The predicted molar refractivity (Wildman–Crippen MR) is 59.1 cm³/mol. The van der Waals surface area contributed by atoms with Gasteiger partial charge in [0.2, 0.25) is 5.83 Å². The summed E-state index contributed by atoms with van der Waals surface area (Å²) in [6.45, 7) is 0. The van der Waals surface area contributed by atoms with Gasteiger partial charge in [-0.05, 0) is 23.6 Å². The summed E-state index contributed by atoms with van der Waals surface area (Å²) in [6.07, 6.45) is 1.32. The molecule has 1 aromatic rings.